The van der Waals surface area contributed by atoms with Crippen LogP contribution in [0.25, 0.3) is 0 Å². The molecule has 1 aliphatic heterocycles. The number of nitrogens with two attached hydrogens (primary N) is 1. The van der Waals surface area contributed by atoms with Gasteiger partial charge in [-0.1, -0.05) is 25.7 Å². The van der Waals surface area contributed by atoms with Crippen LogP contribution in [0, 0.1) is 11.2 Å². The van der Waals surface area contributed by atoms with Crippen LogP contribution < -0.4 is 10.6 Å². The third kappa shape index (κ3) is 2.30. The number of carbonyl (C=O) groups is 2. The number of nitrogen functional groups attached to an aromatic ring is 1. The summed E-state index contributed by atoms with van der Waals surface area (Å²) in [6, 6.07) is 4.09. The van der Waals surface area contributed by atoms with Crippen LogP contribution in [-0.4, -0.2) is 11.8 Å². The minimum Gasteiger partial charge on any atom is -0.396 e. The quantitative estimate of drug-likeness (QED) is 0.638. The third-order valence-electron chi connectivity index (χ3n) is 4.70. The van der Waals surface area contributed by atoms with E-state index in [2.05, 4.69) is 0 Å². The summed E-state index contributed by atoms with van der Waals surface area (Å²) in [7, 11) is 0. The Balaban J connectivity index is 1.94. The molecule has 21 heavy (non-hydrogen) atoms. The highest BCUT2D eigenvalue weighted by Crippen LogP contribution is 2.45. The summed E-state index contributed by atoms with van der Waals surface area (Å²) in [6.07, 6.45) is 5.93. The molecule has 0 radical (unpaired) electrons. The van der Waals surface area contributed by atoms with E-state index in [1.54, 1.807) is 0 Å². The molecular formula is C16H19FN2O2. The molecule has 1 aliphatic carbocycles. The molecule has 0 unspecified atom stereocenters. The van der Waals surface area contributed by atoms with E-state index in [-0.39, 0.29) is 29.6 Å². The average molecular weight is 290 g/mol. The van der Waals surface area contributed by atoms with Crippen molar-refractivity contribution >= 4 is 23.2 Å². The minimum atomic E-state index is -0.602. The zero-order valence-corrected chi connectivity index (χ0v) is 11.9. The van der Waals surface area contributed by atoms with E-state index in [4.69, 9.17) is 5.73 Å². The first kappa shape index (κ1) is 14.0. The van der Waals surface area contributed by atoms with Gasteiger partial charge in [0.1, 0.15) is 5.82 Å². The summed E-state index contributed by atoms with van der Waals surface area (Å²) < 4.78 is 13.6. The first-order valence-corrected chi connectivity index (χ1v) is 7.46. The van der Waals surface area contributed by atoms with Gasteiger partial charge in [0.15, 0.2) is 0 Å². The Bertz CT molecular complexity index is 592. The molecule has 112 valence electrons. The first-order chi connectivity index (χ1) is 10.0. The maximum absolute atomic E-state index is 13.6. The highest BCUT2D eigenvalue weighted by Gasteiger charge is 2.51. The predicted octanol–water partition coefficient (Wildman–Crippen LogP) is 3.01. The van der Waals surface area contributed by atoms with Crippen molar-refractivity contribution in [1.29, 1.82) is 0 Å². The van der Waals surface area contributed by atoms with Gasteiger partial charge in [0.05, 0.1) is 16.8 Å². The molecule has 1 saturated heterocycles. The number of hydrogen-bond acceptors (Lipinski definition) is 3. The molecule has 1 heterocycles. The molecule has 0 aromatic heterocycles. The number of halogens is 1. The van der Waals surface area contributed by atoms with Gasteiger partial charge in [0.2, 0.25) is 11.8 Å². The molecule has 2 amide bonds. The minimum absolute atomic E-state index is 0.0158. The highest BCUT2D eigenvalue weighted by molar-refractivity contribution is 6.22. The maximum Gasteiger partial charge on any atom is 0.240 e. The number of rotatable bonds is 1. The number of benzene rings is 1. The molecule has 2 fully saturated rings. The molecule has 4 nitrogen and oxygen atoms in total. The number of imide groups is 1. The van der Waals surface area contributed by atoms with Crippen LogP contribution in [0.15, 0.2) is 18.2 Å². The van der Waals surface area contributed by atoms with Crippen molar-refractivity contribution < 1.29 is 14.0 Å². The molecule has 1 saturated carbocycles. The number of nitrogens with zero attached hydrogens (tertiary/aromatic N) is 1. The summed E-state index contributed by atoms with van der Waals surface area (Å²) in [6.45, 7) is 0. The molecule has 2 N–H and O–H groups in total. The van der Waals surface area contributed by atoms with E-state index in [9.17, 15) is 14.0 Å². The fourth-order valence-corrected chi connectivity index (χ4v) is 3.51. The lowest BCUT2D eigenvalue weighted by atomic mass is 9.79. The van der Waals surface area contributed by atoms with Gasteiger partial charge in [-0.05, 0) is 25.0 Å². The zero-order chi connectivity index (χ0) is 15.0. The van der Waals surface area contributed by atoms with Crippen LogP contribution in [-0.2, 0) is 9.59 Å². The Kier molecular flexibility index (Phi) is 3.43. The van der Waals surface area contributed by atoms with Crippen molar-refractivity contribution in [3.8, 4) is 0 Å². The smallest absolute Gasteiger partial charge is 0.240 e. The van der Waals surface area contributed by atoms with Gasteiger partial charge < -0.3 is 5.73 Å². The predicted molar refractivity (Wildman–Crippen MR) is 78.1 cm³/mol. The van der Waals surface area contributed by atoms with Gasteiger partial charge in [0, 0.05) is 12.5 Å². The van der Waals surface area contributed by atoms with Gasteiger partial charge in [0.25, 0.3) is 0 Å². The van der Waals surface area contributed by atoms with Crippen LogP contribution in [0.3, 0.4) is 0 Å². The number of carbonyl (C=O) groups excluding carboxylic acids is 2. The van der Waals surface area contributed by atoms with Gasteiger partial charge in [-0.3, -0.25) is 9.59 Å². The van der Waals surface area contributed by atoms with Crippen molar-refractivity contribution in [2.24, 2.45) is 5.41 Å². The van der Waals surface area contributed by atoms with Crippen LogP contribution >= 0.6 is 0 Å². The Labute approximate surface area is 123 Å². The van der Waals surface area contributed by atoms with Crippen molar-refractivity contribution in [1.82, 2.24) is 0 Å². The summed E-state index contributed by atoms with van der Waals surface area (Å²) in [4.78, 5) is 26.3. The Morgan fingerprint density at radius 2 is 1.76 bits per heavy atom. The second kappa shape index (κ2) is 5.13. The van der Waals surface area contributed by atoms with Crippen LogP contribution in [0.1, 0.15) is 44.9 Å². The van der Waals surface area contributed by atoms with E-state index < -0.39 is 11.2 Å². The molecule has 0 bridgehead atoms. The largest absolute Gasteiger partial charge is 0.396 e. The summed E-state index contributed by atoms with van der Waals surface area (Å²) in [5.74, 6) is -1.00. The molecule has 5 heteroatoms. The van der Waals surface area contributed by atoms with Crippen LogP contribution in [0.5, 0.6) is 0 Å². The van der Waals surface area contributed by atoms with Gasteiger partial charge >= 0.3 is 0 Å². The zero-order valence-electron chi connectivity index (χ0n) is 11.9. The number of amides is 2. The van der Waals surface area contributed by atoms with Gasteiger partial charge in [-0.15, -0.1) is 0 Å². The Hall–Kier alpha value is -1.91. The van der Waals surface area contributed by atoms with Crippen LogP contribution in [0.2, 0.25) is 0 Å². The molecular weight excluding hydrogens is 271 g/mol. The average Bonchev–Trinajstić information content (AvgIpc) is 2.61. The lowest BCUT2D eigenvalue weighted by Crippen LogP contribution is -2.35. The maximum atomic E-state index is 13.6. The lowest BCUT2D eigenvalue weighted by Gasteiger charge is -2.25. The molecule has 3 rings (SSSR count). The van der Waals surface area contributed by atoms with Gasteiger partial charge in [-0.25, -0.2) is 9.29 Å². The second-order valence-corrected chi connectivity index (χ2v) is 6.11. The van der Waals surface area contributed by atoms with Gasteiger partial charge in [-0.2, -0.15) is 0 Å². The van der Waals surface area contributed by atoms with Crippen molar-refractivity contribution in [3.63, 3.8) is 0 Å². The Morgan fingerprint density at radius 3 is 2.38 bits per heavy atom. The molecule has 0 atom stereocenters. The molecule has 1 spiro atoms. The Morgan fingerprint density at radius 1 is 1.10 bits per heavy atom. The summed E-state index contributed by atoms with van der Waals surface area (Å²) in [5, 5.41) is 0. The van der Waals surface area contributed by atoms with E-state index in [1.165, 1.54) is 18.2 Å². The summed E-state index contributed by atoms with van der Waals surface area (Å²) >= 11 is 0. The number of anilines is 2. The fraction of sp³-hybridized carbons (Fsp3) is 0.500. The monoisotopic (exact) mass is 290 g/mol. The molecule has 1 aromatic carbocycles. The number of hydrogen-bond donors (Lipinski definition) is 1. The third-order valence-corrected chi connectivity index (χ3v) is 4.70. The SMILES string of the molecule is Nc1ccc(N2C(=O)CC3(CCCCCC3)C2=O)cc1F. The second-order valence-electron chi connectivity index (χ2n) is 6.11. The molecule has 1 aromatic rings. The highest BCUT2D eigenvalue weighted by atomic mass is 19.1. The standard InChI is InChI=1S/C16H19FN2O2/c17-12-9-11(5-6-13(12)18)19-14(20)10-16(15(19)21)7-3-1-2-4-8-16/h5-6,9H,1-4,7-8,10,18H2. The fourth-order valence-electron chi connectivity index (χ4n) is 3.51. The van der Waals surface area contributed by atoms with Crippen molar-refractivity contribution in [2.45, 2.75) is 44.9 Å². The van der Waals surface area contributed by atoms with E-state index in [0.717, 1.165) is 43.4 Å². The molecule has 2 aliphatic rings. The van der Waals surface area contributed by atoms with E-state index in [1.807, 2.05) is 0 Å². The first-order valence-electron chi connectivity index (χ1n) is 7.46. The lowest BCUT2D eigenvalue weighted by molar-refractivity contribution is -0.126. The van der Waals surface area contributed by atoms with Crippen molar-refractivity contribution in [2.75, 3.05) is 10.6 Å². The van der Waals surface area contributed by atoms with Crippen LogP contribution in [0.4, 0.5) is 15.8 Å². The summed E-state index contributed by atoms with van der Waals surface area (Å²) in [5.41, 5.74) is 5.19. The van der Waals surface area contributed by atoms with E-state index in [0.29, 0.717) is 0 Å². The van der Waals surface area contributed by atoms with E-state index >= 15 is 0 Å². The topological polar surface area (TPSA) is 63.4 Å². The normalized spacial score (nSPS) is 21.9. The van der Waals surface area contributed by atoms with Crippen molar-refractivity contribution in [3.05, 3.63) is 24.0 Å².